The molecule has 2 aromatic heterocycles. The number of carbonyl (C=O) groups is 1. The molecule has 0 saturated carbocycles. The topological polar surface area (TPSA) is 110 Å². The molecule has 3 aromatic carbocycles. The number of pyridine rings is 1. The predicted octanol–water partition coefficient (Wildman–Crippen LogP) is 4.83. The maximum atomic E-state index is 13.4. The van der Waals surface area contributed by atoms with E-state index in [1.54, 1.807) is 32.5 Å². The lowest BCUT2D eigenvalue weighted by atomic mass is 9.93. The number of para-hydroxylation sites is 1. The van der Waals surface area contributed by atoms with Gasteiger partial charge in [-0.25, -0.2) is 0 Å². The number of nitrogens with one attached hydrogen (secondary N) is 2. The average Bonchev–Trinajstić information content (AvgIpc) is 3.49. The number of hydrogen-bond donors (Lipinski definition) is 2. The van der Waals surface area contributed by atoms with Crippen molar-refractivity contribution in [2.75, 3.05) is 56.1 Å². The SMILES string of the molecule is COCCN(CCOC)c1c(-c2cc(NC(=O)c3sccc3NCc3ccnc4ccccc34)ccc2C)c(=O)c1=O. The lowest BCUT2D eigenvalue weighted by molar-refractivity contribution is 0.103. The van der Waals surface area contributed by atoms with Crippen LogP contribution in [0.5, 0.6) is 0 Å². The zero-order valence-electron chi connectivity index (χ0n) is 23.7. The number of benzene rings is 2. The second-order valence-corrected chi connectivity index (χ2v) is 10.8. The fourth-order valence-electron chi connectivity index (χ4n) is 4.95. The van der Waals surface area contributed by atoms with E-state index in [-0.39, 0.29) is 5.91 Å². The Hall–Kier alpha value is -4.38. The van der Waals surface area contributed by atoms with E-state index < -0.39 is 10.9 Å². The molecular weight excluding hydrogens is 552 g/mol. The Morgan fingerprint density at radius 2 is 1.74 bits per heavy atom. The second kappa shape index (κ2) is 13.1. The van der Waals surface area contributed by atoms with Crippen LogP contribution in [-0.4, -0.2) is 51.4 Å². The van der Waals surface area contributed by atoms with Crippen molar-refractivity contribution in [3.05, 3.63) is 103 Å². The summed E-state index contributed by atoms with van der Waals surface area (Å²) in [7, 11) is 3.17. The van der Waals surface area contributed by atoms with Gasteiger partial charge in [-0.05, 0) is 59.3 Å². The summed E-state index contributed by atoms with van der Waals surface area (Å²) in [6, 6.07) is 17.2. The molecule has 0 unspecified atom stereocenters. The minimum Gasteiger partial charge on any atom is -0.383 e. The fraction of sp³-hybridized carbons (Fsp3) is 0.250. The van der Waals surface area contributed by atoms with Gasteiger partial charge in [-0.1, -0.05) is 24.3 Å². The maximum absolute atomic E-state index is 13.4. The predicted molar refractivity (Wildman–Crippen MR) is 169 cm³/mol. The number of thiophene rings is 1. The van der Waals surface area contributed by atoms with E-state index in [0.29, 0.717) is 60.2 Å². The van der Waals surface area contributed by atoms with Crippen LogP contribution in [0.3, 0.4) is 0 Å². The van der Waals surface area contributed by atoms with Gasteiger partial charge >= 0.3 is 0 Å². The maximum Gasteiger partial charge on any atom is 0.267 e. The van der Waals surface area contributed by atoms with Crippen LogP contribution in [0.1, 0.15) is 20.8 Å². The van der Waals surface area contributed by atoms with E-state index in [2.05, 4.69) is 15.6 Å². The molecule has 5 aromatic rings. The molecule has 0 aliphatic carbocycles. The highest BCUT2D eigenvalue weighted by Crippen LogP contribution is 2.32. The van der Waals surface area contributed by atoms with Gasteiger partial charge in [0.2, 0.25) is 10.9 Å². The summed E-state index contributed by atoms with van der Waals surface area (Å²) in [5, 5.41) is 9.29. The molecule has 0 radical (unpaired) electrons. The number of amides is 1. The number of methoxy groups -OCH3 is 2. The molecule has 0 saturated heterocycles. The van der Waals surface area contributed by atoms with Gasteiger partial charge in [0.05, 0.1) is 30.0 Å². The molecule has 42 heavy (non-hydrogen) atoms. The monoisotopic (exact) mass is 584 g/mol. The van der Waals surface area contributed by atoms with Gasteiger partial charge in [-0.15, -0.1) is 11.3 Å². The number of anilines is 3. The zero-order valence-corrected chi connectivity index (χ0v) is 24.5. The van der Waals surface area contributed by atoms with Gasteiger partial charge in [0, 0.05) is 51.1 Å². The van der Waals surface area contributed by atoms with E-state index in [1.165, 1.54) is 11.3 Å². The van der Waals surface area contributed by atoms with Gasteiger partial charge in [0.15, 0.2) is 0 Å². The summed E-state index contributed by atoms with van der Waals surface area (Å²) in [6.07, 6.45) is 1.78. The van der Waals surface area contributed by atoms with Crippen LogP contribution >= 0.6 is 11.3 Å². The Morgan fingerprint density at radius 3 is 2.50 bits per heavy atom. The molecule has 2 N–H and O–H groups in total. The van der Waals surface area contributed by atoms with E-state index in [0.717, 1.165) is 27.7 Å². The zero-order chi connectivity index (χ0) is 29.6. The van der Waals surface area contributed by atoms with Crippen molar-refractivity contribution in [1.29, 1.82) is 0 Å². The van der Waals surface area contributed by atoms with Gasteiger partial charge in [-0.2, -0.15) is 0 Å². The molecular formula is C32H32N4O5S. The molecule has 1 amide bonds. The van der Waals surface area contributed by atoms with Crippen LogP contribution in [-0.2, 0) is 16.0 Å². The number of carbonyl (C=O) groups excluding carboxylic acids is 1. The Morgan fingerprint density at radius 1 is 0.976 bits per heavy atom. The Kier molecular flexibility index (Phi) is 9.06. The van der Waals surface area contributed by atoms with Gasteiger partial charge in [-0.3, -0.25) is 19.4 Å². The lowest BCUT2D eigenvalue weighted by Gasteiger charge is -2.27. The largest absolute Gasteiger partial charge is 0.383 e. The highest BCUT2D eigenvalue weighted by Gasteiger charge is 2.28. The van der Waals surface area contributed by atoms with E-state index in [1.807, 2.05) is 59.7 Å². The number of aryl methyl sites for hydroxylation is 1. The number of ether oxygens (including phenoxy) is 2. The van der Waals surface area contributed by atoms with Crippen LogP contribution in [0, 0.1) is 6.92 Å². The first kappa shape index (κ1) is 29.1. The first-order valence-electron chi connectivity index (χ1n) is 13.6. The number of hydrogen-bond acceptors (Lipinski definition) is 9. The highest BCUT2D eigenvalue weighted by molar-refractivity contribution is 7.12. The first-order chi connectivity index (χ1) is 20.4. The quantitative estimate of drug-likeness (QED) is 0.190. The van der Waals surface area contributed by atoms with Crippen molar-refractivity contribution in [2.24, 2.45) is 0 Å². The lowest BCUT2D eigenvalue weighted by Crippen LogP contribution is -2.44. The number of nitrogens with zero attached hydrogens (tertiary/aromatic N) is 2. The van der Waals surface area contributed by atoms with Crippen LogP contribution in [0.4, 0.5) is 17.1 Å². The van der Waals surface area contributed by atoms with E-state index >= 15 is 0 Å². The molecule has 9 nitrogen and oxygen atoms in total. The number of rotatable bonds is 13. The molecule has 0 aliphatic heterocycles. The molecule has 2 heterocycles. The standard InChI is InChI=1S/C32H32N4O5S/c1-20-8-9-22(18-24(20)27-28(30(38)29(27)37)36(13-15-40-2)14-16-41-3)35-32(39)31-26(11-17-42-31)34-19-21-10-12-33-25-7-5-4-6-23(21)25/h4-12,17-18,34H,13-16,19H2,1-3H3,(H,35,39). The molecule has 10 heteroatoms. The summed E-state index contributed by atoms with van der Waals surface area (Å²) < 4.78 is 10.4. The van der Waals surface area contributed by atoms with Gasteiger partial charge < -0.3 is 25.0 Å². The average molecular weight is 585 g/mol. The minimum atomic E-state index is -0.537. The molecule has 0 fully saturated rings. The minimum absolute atomic E-state index is 0.270. The van der Waals surface area contributed by atoms with Crippen molar-refractivity contribution in [2.45, 2.75) is 13.5 Å². The van der Waals surface area contributed by atoms with Gasteiger partial charge in [0.25, 0.3) is 5.91 Å². The van der Waals surface area contributed by atoms with Crippen molar-refractivity contribution in [3.63, 3.8) is 0 Å². The number of aromatic nitrogens is 1. The van der Waals surface area contributed by atoms with Crippen molar-refractivity contribution >= 4 is 45.2 Å². The fourth-order valence-corrected chi connectivity index (χ4v) is 5.72. The summed E-state index contributed by atoms with van der Waals surface area (Å²) in [6.45, 7) is 4.08. The summed E-state index contributed by atoms with van der Waals surface area (Å²) in [4.78, 5) is 45.7. The van der Waals surface area contributed by atoms with Crippen LogP contribution in [0.15, 0.2) is 75.8 Å². The van der Waals surface area contributed by atoms with Crippen molar-refractivity contribution < 1.29 is 14.3 Å². The smallest absolute Gasteiger partial charge is 0.267 e. The second-order valence-electron chi connectivity index (χ2n) is 9.84. The molecule has 0 spiro atoms. The normalized spacial score (nSPS) is 11.2. The molecule has 0 aliphatic rings. The van der Waals surface area contributed by atoms with Crippen LogP contribution in [0.25, 0.3) is 22.0 Å². The molecule has 5 rings (SSSR count). The number of fused-ring (bicyclic) bond motifs is 1. The first-order valence-corrected chi connectivity index (χ1v) is 14.4. The highest BCUT2D eigenvalue weighted by atomic mass is 32.1. The van der Waals surface area contributed by atoms with E-state index in [4.69, 9.17) is 9.47 Å². The summed E-state index contributed by atoms with van der Waals surface area (Å²) >= 11 is 1.34. The third kappa shape index (κ3) is 5.96. The molecule has 216 valence electrons. The Balaban J connectivity index is 1.36. The van der Waals surface area contributed by atoms with E-state index in [9.17, 15) is 14.4 Å². The Labute approximate surface area is 247 Å². The van der Waals surface area contributed by atoms with Crippen molar-refractivity contribution in [3.8, 4) is 11.1 Å². The molecule has 0 atom stereocenters. The van der Waals surface area contributed by atoms with Crippen LogP contribution < -0.4 is 26.4 Å². The molecule has 0 bridgehead atoms. The summed E-state index contributed by atoms with van der Waals surface area (Å²) in [5.74, 6) is -0.270. The van der Waals surface area contributed by atoms with Gasteiger partial charge in [0.1, 0.15) is 10.6 Å². The third-order valence-corrected chi connectivity index (χ3v) is 8.09. The third-order valence-electron chi connectivity index (χ3n) is 7.18. The Bertz CT molecular complexity index is 1780. The summed E-state index contributed by atoms with van der Waals surface area (Å²) in [5.41, 5.74) is 4.33. The van der Waals surface area contributed by atoms with Crippen LogP contribution in [0.2, 0.25) is 0 Å². The van der Waals surface area contributed by atoms with Crippen molar-refractivity contribution in [1.82, 2.24) is 4.98 Å².